The molecule has 1 rings (SSSR count). The predicted octanol–water partition coefficient (Wildman–Crippen LogP) is 2.31. The molecule has 0 radical (unpaired) electrons. The van der Waals surface area contributed by atoms with Crippen LogP contribution in [0, 0.1) is 6.92 Å². The minimum Gasteiger partial charge on any atom is -0.481 e. The summed E-state index contributed by atoms with van der Waals surface area (Å²) in [4.78, 5) is 11.8. The van der Waals surface area contributed by atoms with E-state index in [1.165, 1.54) is 0 Å². The van der Waals surface area contributed by atoms with Crippen molar-refractivity contribution in [2.24, 2.45) is 5.73 Å². The van der Waals surface area contributed by atoms with Crippen molar-refractivity contribution in [3.8, 4) is 5.75 Å². The predicted molar refractivity (Wildman–Crippen MR) is 77.2 cm³/mol. The first-order valence-corrected chi connectivity index (χ1v) is 6.76. The number of rotatable bonds is 6. The highest BCUT2D eigenvalue weighted by molar-refractivity contribution is 5.80. The number of benzene rings is 1. The van der Waals surface area contributed by atoms with Crippen molar-refractivity contribution in [3.05, 3.63) is 29.3 Å². The van der Waals surface area contributed by atoms with Crippen molar-refractivity contribution < 1.29 is 9.53 Å². The number of hydrogen-bond acceptors (Lipinski definition) is 3. The van der Waals surface area contributed by atoms with E-state index in [1.54, 1.807) is 6.92 Å². The number of nitrogens with two attached hydrogens (primary N) is 1. The molecule has 0 aliphatic carbocycles. The first-order chi connectivity index (χ1) is 8.95. The molecule has 0 bridgehead atoms. The van der Waals surface area contributed by atoms with E-state index in [2.05, 4.69) is 5.32 Å². The molecule has 106 valence electrons. The lowest BCUT2D eigenvalue weighted by atomic mass is 10.1. The Morgan fingerprint density at radius 2 is 2.11 bits per heavy atom. The Bertz CT molecular complexity index is 430. The summed E-state index contributed by atoms with van der Waals surface area (Å²) in [6, 6.07) is 5.70. The van der Waals surface area contributed by atoms with Crippen LogP contribution in [-0.2, 0) is 4.79 Å². The van der Waals surface area contributed by atoms with Gasteiger partial charge in [-0.25, -0.2) is 0 Å². The molecule has 0 saturated carbocycles. The second-order valence-electron chi connectivity index (χ2n) is 4.88. The summed E-state index contributed by atoms with van der Waals surface area (Å²) in [6.45, 7) is 8.34. The molecule has 0 aromatic heterocycles. The number of nitrogens with one attached hydrogen (secondary N) is 1. The molecule has 0 heterocycles. The molecule has 0 spiro atoms. The van der Waals surface area contributed by atoms with Gasteiger partial charge in [0.2, 0.25) is 0 Å². The summed E-state index contributed by atoms with van der Waals surface area (Å²) >= 11 is 0. The van der Waals surface area contributed by atoms with Crippen LogP contribution < -0.4 is 15.8 Å². The Balaban J connectivity index is 2.78. The van der Waals surface area contributed by atoms with Crippen LogP contribution in [0.2, 0.25) is 0 Å². The molecule has 2 atom stereocenters. The Morgan fingerprint density at radius 3 is 2.68 bits per heavy atom. The van der Waals surface area contributed by atoms with Gasteiger partial charge in [0, 0.05) is 18.2 Å². The number of hydrogen-bond donors (Lipinski definition) is 2. The van der Waals surface area contributed by atoms with E-state index in [0.29, 0.717) is 12.3 Å². The second kappa shape index (κ2) is 7.14. The highest BCUT2D eigenvalue weighted by Gasteiger charge is 2.17. The van der Waals surface area contributed by atoms with Crippen LogP contribution in [0.4, 0.5) is 0 Å². The largest absolute Gasteiger partial charge is 0.481 e. The van der Waals surface area contributed by atoms with Gasteiger partial charge in [0.15, 0.2) is 6.10 Å². The van der Waals surface area contributed by atoms with Gasteiger partial charge in [-0.1, -0.05) is 24.6 Å². The van der Waals surface area contributed by atoms with E-state index in [4.69, 9.17) is 10.5 Å². The fraction of sp³-hybridized carbons (Fsp3) is 0.533. The Kier molecular flexibility index (Phi) is 5.83. The van der Waals surface area contributed by atoms with Gasteiger partial charge in [-0.05, 0) is 33.3 Å². The third kappa shape index (κ3) is 4.56. The zero-order valence-corrected chi connectivity index (χ0v) is 12.2. The highest BCUT2D eigenvalue weighted by atomic mass is 16.5. The average molecular weight is 264 g/mol. The van der Waals surface area contributed by atoms with Gasteiger partial charge < -0.3 is 15.8 Å². The van der Waals surface area contributed by atoms with Gasteiger partial charge in [-0.2, -0.15) is 0 Å². The summed E-state index contributed by atoms with van der Waals surface area (Å²) in [5.41, 5.74) is 7.99. The molecule has 4 nitrogen and oxygen atoms in total. The van der Waals surface area contributed by atoms with Crippen LogP contribution in [0.25, 0.3) is 0 Å². The van der Waals surface area contributed by atoms with Crippen molar-refractivity contribution in [2.75, 3.05) is 6.54 Å². The van der Waals surface area contributed by atoms with Crippen molar-refractivity contribution in [3.63, 3.8) is 0 Å². The summed E-state index contributed by atoms with van der Waals surface area (Å²) in [5.74, 6) is 0.581. The van der Waals surface area contributed by atoms with Gasteiger partial charge in [0.05, 0.1) is 0 Å². The molecule has 0 saturated heterocycles. The SMILES string of the molecule is CCCNC(=O)C(C)Oc1ccc(C)cc1[C@H](C)N. The average Bonchev–Trinajstić information content (AvgIpc) is 2.37. The lowest BCUT2D eigenvalue weighted by Gasteiger charge is -2.19. The van der Waals surface area contributed by atoms with E-state index in [1.807, 2.05) is 39.0 Å². The molecule has 1 aromatic rings. The van der Waals surface area contributed by atoms with Crippen LogP contribution in [-0.4, -0.2) is 18.6 Å². The van der Waals surface area contributed by atoms with E-state index in [-0.39, 0.29) is 11.9 Å². The van der Waals surface area contributed by atoms with E-state index >= 15 is 0 Å². The minimum absolute atomic E-state index is 0.0990. The number of carbonyl (C=O) groups excluding carboxylic acids is 1. The van der Waals surface area contributed by atoms with Crippen LogP contribution in [0.3, 0.4) is 0 Å². The number of amides is 1. The maximum absolute atomic E-state index is 11.8. The van der Waals surface area contributed by atoms with Crippen molar-refractivity contribution in [1.82, 2.24) is 5.32 Å². The first kappa shape index (κ1) is 15.5. The Hall–Kier alpha value is -1.55. The normalized spacial score (nSPS) is 13.7. The zero-order valence-electron chi connectivity index (χ0n) is 12.2. The fourth-order valence-electron chi connectivity index (χ4n) is 1.77. The van der Waals surface area contributed by atoms with Gasteiger partial charge >= 0.3 is 0 Å². The monoisotopic (exact) mass is 264 g/mol. The van der Waals surface area contributed by atoms with Crippen LogP contribution in [0.1, 0.15) is 44.4 Å². The molecule has 0 fully saturated rings. The molecule has 1 aromatic carbocycles. The summed E-state index contributed by atoms with van der Waals surface area (Å²) < 4.78 is 5.73. The lowest BCUT2D eigenvalue weighted by Crippen LogP contribution is -2.36. The van der Waals surface area contributed by atoms with Crippen molar-refractivity contribution in [2.45, 2.75) is 46.3 Å². The first-order valence-electron chi connectivity index (χ1n) is 6.76. The molecular formula is C15H24N2O2. The van der Waals surface area contributed by atoms with Crippen LogP contribution >= 0.6 is 0 Å². The molecule has 0 aliphatic rings. The highest BCUT2D eigenvalue weighted by Crippen LogP contribution is 2.25. The lowest BCUT2D eigenvalue weighted by molar-refractivity contribution is -0.127. The second-order valence-corrected chi connectivity index (χ2v) is 4.88. The van der Waals surface area contributed by atoms with E-state index in [9.17, 15) is 4.79 Å². The fourth-order valence-corrected chi connectivity index (χ4v) is 1.77. The Morgan fingerprint density at radius 1 is 1.42 bits per heavy atom. The molecule has 1 amide bonds. The maximum atomic E-state index is 11.8. The smallest absolute Gasteiger partial charge is 0.260 e. The zero-order chi connectivity index (χ0) is 14.4. The number of ether oxygens (including phenoxy) is 1. The quantitative estimate of drug-likeness (QED) is 0.828. The number of carbonyl (C=O) groups is 1. The number of aryl methyl sites for hydroxylation is 1. The minimum atomic E-state index is -0.522. The molecule has 0 aliphatic heterocycles. The third-order valence-electron chi connectivity index (χ3n) is 2.88. The van der Waals surface area contributed by atoms with Crippen LogP contribution in [0.5, 0.6) is 5.75 Å². The van der Waals surface area contributed by atoms with Gasteiger partial charge in [0.1, 0.15) is 5.75 Å². The van der Waals surface area contributed by atoms with Gasteiger partial charge in [-0.15, -0.1) is 0 Å². The third-order valence-corrected chi connectivity index (χ3v) is 2.88. The Labute approximate surface area is 115 Å². The standard InChI is InChI=1S/C15H24N2O2/c1-5-8-17-15(18)12(4)19-14-7-6-10(2)9-13(14)11(3)16/h6-7,9,11-12H,5,8,16H2,1-4H3,(H,17,18)/t11-,12?/m0/s1. The molecule has 1 unspecified atom stereocenters. The molecule has 3 N–H and O–H groups in total. The molecule has 4 heteroatoms. The van der Waals surface area contributed by atoms with Gasteiger partial charge in [0.25, 0.3) is 5.91 Å². The summed E-state index contributed by atoms with van der Waals surface area (Å²) in [5, 5.41) is 2.82. The summed E-state index contributed by atoms with van der Waals surface area (Å²) in [7, 11) is 0. The summed E-state index contributed by atoms with van der Waals surface area (Å²) in [6.07, 6.45) is 0.389. The van der Waals surface area contributed by atoms with E-state index < -0.39 is 6.10 Å². The van der Waals surface area contributed by atoms with Crippen molar-refractivity contribution in [1.29, 1.82) is 0 Å². The van der Waals surface area contributed by atoms with Crippen LogP contribution in [0.15, 0.2) is 18.2 Å². The maximum Gasteiger partial charge on any atom is 0.260 e. The van der Waals surface area contributed by atoms with Crippen molar-refractivity contribution >= 4 is 5.91 Å². The molecule has 19 heavy (non-hydrogen) atoms. The van der Waals surface area contributed by atoms with Gasteiger partial charge in [-0.3, -0.25) is 4.79 Å². The molecular weight excluding hydrogens is 240 g/mol. The topological polar surface area (TPSA) is 64.3 Å². The van der Waals surface area contributed by atoms with E-state index in [0.717, 1.165) is 17.5 Å².